The van der Waals surface area contributed by atoms with E-state index >= 15 is 0 Å². The maximum Gasteiger partial charge on any atom is 0.280 e. The maximum absolute atomic E-state index is 14.2. The lowest BCUT2D eigenvalue weighted by Gasteiger charge is -2.26. The molecule has 2 unspecified atom stereocenters. The van der Waals surface area contributed by atoms with E-state index in [2.05, 4.69) is 20.6 Å². The Labute approximate surface area is 235 Å². The first-order chi connectivity index (χ1) is 18.7. The number of nitrogens with one attached hydrogen (secondary N) is 2. The first-order valence-electron chi connectivity index (χ1n) is 13.4. The quantitative estimate of drug-likeness (QED) is 0.323. The van der Waals surface area contributed by atoms with E-state index in [-0.39, 0.29) is 27.0 Å². The summed E-state index contributed by atoms with van der Waals surface area (Å²) in [5.74, 6) is -3.99. The van der Waals surface area contributed by atoms with Crippen LogP contribution in [0.5, 0.6) is 0 Å². The molecular formula is C27H37F4N5O3S. The summed E-state index contributed by atoms with van der Waals surface area (Å²) in [7, 11) is 0. The van der Waals surface area contributed by atoms with Crippen LogP contribution in [-0.4, -0.2) is 68.5 Å². The molecule has 0 bridgehead atoms. The van der Waals surface area contributed by atoms with Crippen LogP contribution in [0.2, 0.25) is 0 Å². The summed E-state index contributed by atoms with van der Waals surface area (Å²) in [5.41, 5.74) is -2.18. The molecule has 222 valence electrons. The maximum atomic E-state index is 14.2. The van der Waals surface area contributed by atoms with Crippen molar-refractivity contribution in [1.29, 1.82) is 0 Å². The molecule has 3 N–H and O–H groups in total. The molecule has 2 atom stereocenters. The fourth-order valence-electron chi connectivity index (χ4n) is 4.11. The van der Waals surface area contributed by atoms with Gasteiger partial charge in [0.15, 0.2) is 5.01 Å². The van der Waals surface area contributed by atoms with E-state index in [1.165, 1.54) is 33.0 Å². The summed E-state index contributed by atoms with van der Waals surface area (Å²) < 4.78 is 56.5. The number of carbonyl (C=O) groups excluding carboxylic acids is 2. The van der Waals surface area contributed by atoms with E-state index in [0.29, 0.717) is 23.8 Å². The predicted octanol–water partition coefficient (Wildman–Crippen LogP) is 5.75. The van der Waals surface area contributed by atoms with Crippen molar-refractivity contribution in [2.75, 3.05) is 18.4 Å². The van der Waals surface area contributed by atoms with Crippen LogP contribution < -0.4 is 10.6 Å². The molecule has 8 nitrogen and oxygen atoms in total. The van der Waals surface area contributed by atoms with Gasteiger partial charge in [-0.25, -0.2) is 27.5 Å². The van der Waals surface area contributed by atoms with Crippen LogP contribution in [-0.2, 0) is 0 Å². The van der Waals surface area contributed by atoms with Gasteiger partial charge in [0.2, 0.25) is 0 Å². The Balaban J connectivity index is 0.00000216. The van der Waals surface area contributed by atoms with Gasteiger partial charge in [-0.2, -0.15) is 0 Å². The molecule has 2 aromatic rings. The van der Waals surface area contributed by atoms with E-state index in [9.17, 15) is 32.3 Å². The first kappa shape index (κ1) is 31.7. The van der Waals surface area contributed by atoms with E-state index in [1.807, 2.05) is 13.8 Å². The molecule has 2 fully saturated rings. The highest BCUT2D eigenvalue weighted by molar-refractivity contribution is 7.17. The third-order valence-corrected chi connectivity index (χ3v) is 7.99. The van der Waals surface area contributed by atoms with Crippen molar-refractivity contribution in [3.8, 4) is 10.4 Å². The number of alkyl halides is 4. The molecule has 0 aromatic carbocycles. The smallest absolute Gasteiger partial charge is 0.280 e. The molecule has 0 radical (unpaired) electrons. The summed E-state index contributed by atoms with van der Waals surface area (Å²) in [4.78, 5) is 35.6. The normalized spacial score (nSPS) is 19.2. The topological polar surface area (TPSA) is 107 Å². The third-order valence-electron chi connectivity index (χ3n) is 6.90. The van der Waals surface area contributed by atoms with Gasteiger partial charge in [-0.1, -0.05) is 13.8 Å². The zero-order valence-corrected chi connectivity index (χ0v) is 24.3. The van der Waals surface area contributed by atoms with Gasteiger partial charge in [0.05, 0.1) is 23.1 Å². The second-order valence-corrected chi connectivity index (χ2v) is 11.7. The number of likely N-dealkylation sites (tertiary alicyclic amines) is 1. The fourth-order valence-corrected chi connectivity index (χ4v) is 5.10. The number of rotatable bonds is 9. The number of amides is 2. The lowest BCUT2D eigenvalue weighted by atomic mass is 10.0. The van der Waals surface area contributed by atoms with Gasteiger partial charge in [-0.3, -0.25) is 9.59 Å². The van der Waals surface area contributed by atoms with E-state index in [1.54, 1.807) is 6.92 Å². The van der Waals surface area contributed by atoms with Gasteiger partial charge in [0.1, 0.15) is 11.5 Å². The van der Waals surface area contributed by atoms with Gasteiger partial charge >= 0.3 is 0 Å². The molecule has 3 heterocycles. The molecule has 13 heteroatoms. The second-order valence-electron chi connectivity index (χ2n) is 10.7. The van der Waals surface area contributed by atoms with Crippen molar-refractivity contribution in [3.05, 3.63) is 28.5 Å². The number of anilines is 1. The highest BCUT2D eigenvalue weighted by Gasteiger charge is 2.46. The molecule has 40 heavy (non-hydrogen) atoms. The van der Waals surface area contributed by atoms with Crippen LogP contribution in [0.15, 0.2) is 12.3 Å². The Morgan fingerprint density at radius 3 is 2.45 bits per heavy atom. The number of thiazole rings is 1. The Bertz CT molecular complexity index is 1210. The van der Waals surface area contributed by atoms with Crippen LogP contribution in [0.3, 0.4) is 0 Å². The highest BCUT2D eigenvalue weighted by atomic mass is 32.1. The molecule has 1 saturated carbocycles. The Kier molecular flexibility index (Phi) is 9.82. The molecule has 2 aliphatic rings. The molecule has 0 spiro atoms. The van der Waals surface area contributed by atoms with Crippen molar-refractivity contribution in [1.82, 2.24) is 20.2 Å². The predicted molar refractivity (Wildman–Crippen MR) is 146 cm³/mol. The van der Waals surface area contributed by atoms with Crippen molar-refractivity contribution >= 4 is 29.0 Å². The van der Waals surface area contributed by atoms with Crippen molar-refractivity contribution in [3.63, 3.8) is 0 Å². The first-order valence-corrected chi connectivity index (χ1v) is 14.2. The SMILES string of the molecule is CC.CC1CC(F)(F)CN1C(=O)c1nc(C(=O)NC(C)C(C)(C)O)sc1-c1cnc(NCC2CC2)cc1C(F)F. The van der Waals surface area contributed by atoms with Gasteiger partial charge in [0.25, 0.3) is 24.2 Å². The highest BCUT2D eigenvalue weighted by Crippen LogP contribution is 2.40. The number of nitrogens with zero attached hydrogens (tertiary/aromatic N) is 3. The van der Waals surface area contributed by atoms with E-state index in [4.69, 9.17) is 0 Å². The van der Waals surface area contributed by atoms with Gasteiger partial charge < -0.3 is 20.6 Å². The van der Waals surface area contributed by atoms with Crippen LogP contribution in [0.1, 0.15) is 93.1 Å². The standard InChI is InChI=1S/C25H31F4N5O3S.C2H6/c1-12-8-25(28,29)11-34(12)23(36)18-19(38-22(33-18)21(35)32-13(2)24(3,4)37)16-10-31-17(7-15(16)20(26)27)30-9-14-5-6-14;1-2/h7,10,12-14,20,37H,5-6,8-9,11H2,1-4H3,(H,30,31)(H,32,35);1-2H3. The van der Waals surface area contributed by atoms with Crippen LogP contribution in [0.4, 0.5) is 23.4 Å². The lowest BCUT2D eigenvalue weighted by molar-refractivity contribution is 0.0118. The lowest BCUT2D eigenvalue weighted by Crippen LogP contribution is -2.47. The number of halogens is 4. The number of aliphatic hydroxyl groups is 1. The average Bonchev–Trinajstić information content (AvgIpc) is 3.53. The van der Waals surface area contributed by atoms with Crippen molar-refractivity contribution < 1.29 is 32.3 Å². The van der Waals surface area contributed by atoms with Crippen LogP contribution in [0, 0.1) is 5.92 Å². The number of carbonyl (C=O) groups is 2. The molecule has 1 aliphatic heterocycles. The van der Waals surface area contributed by atoms with Crippen molar-refractivity contribution in [2.24, 2.45) is 5.92 Å². The molecule has 2 amide bonds. The molecule has 1 aliphatic carbocycles. The summed E-state index contributed by atoms with van der Waals surface area (Å²) in [6, 6.07) is -0.339. The van der Waals surface area contributed by atoms with E-state index in [0.717, 1.165) is 17.7 Å². The number of pyridine rings is 1. The minimum absolute atomic E-state index is 0.0602. The Hall–Kier alpha value is -2.80. The minimum Gasteiger partial charge on any atom is -0.388 e. The number of hydrogen-bond donors (Lipinski definition) is 3. The van der Waals surface area contributed by atoms with Gasteiger partial charge in [0, 0.05) is 36.3 Å². The monoisotopic (exact) mass is 587 g/mol. The van der Waals surface area contributed by atoms with Gasteiger partial charge in [-0.15, -0.1) is 11.3 Å². The summed E-state index contributed by atoms with van der Waals surface area (Å²) in [5, 5.41) is 15.6. The number of hydrogen-bond acceptors (Lipinski definition) is 7. The van der Waals surface area contributed by atoms with Crippen LogP contribution in [0.25, 0.3) is 10.4 Å². The number of aromatic nitrogens is 2. The van der Waals surface area contributed by atoms with Gasteiger partial charge in [-0.05, 0) is 52.5 Å². The minimum atomic E-state index is -3.10. The van der Waals surface area contributed by atoms with E-state index < -0.39 is 60.4 Å². The molecular weight excluding hydrogens is 550 g/mol. The summed E-state index contributed by atoms with van der Waals surface area (Å²) in [6.07, 6.45) is -0.181. The third kappa shape index (κ3) is 7.48. The largest absolute Gasteiger partial charge is 0.388 e. The molecule has 1 saturated heterocycles. The molecule has 2 aromatic heterocycles. The Morgan fingerprint density at radius 2 is 1.93 bits per heavy atom. The second kappa shape index (κ2) is 12.4. The average molecular weight is 588 g/mol. The fraction of sp³-hybridized carbons (Fsp3) is 0.630. The zero-order chi connectivity index (χ0) is 30.0. The van der Waals surface area contributed by atoms with Crippen LogP contribution >= 0.6 is 11.3 Å². The van der Waals surface area contributed by atoms with Crippen molar-refractivity contribution in [2.45, 2.75) is 90.8 Å². The summed E-state index contributed by atoms with van der Waals surface area (Å²) in [6.45, 7) is 9.78. The zero-order valence-electron chi connectivity index (χ0n) is 23.5. The summed E-state index contributed by atoms with van der Waals surface area (Å²) >= 11 is 0.694. The molecule has 4 rings (SSSR count). The Morgan fingerprint density at radius 1 is 1.27 bits per heavy atom.